The lowest BCUT2D eigenvalue weighted by Crippen LogP contribution is -2.30. The molecule has 0 radical (unpaired) electrons. The molecule has 3 aromatic rings. The summed E-state index contributed by atoms with van der Waals surface area (Å²) in [7, 11) is 0. The number of anilines is 1. The minimum atomic E-state index is -2.83. The maximum absolute atomic E-state index is 13.6. The summed E-state index contributed by atoms with van der Waals surface area (Å²) < 4.78 is 29.1. The number of aromatic nitrogens is 2. The molecule has 0 atom stereocenters. The first kappa shape index (κ1) is 27.6. The van der Waals surface area contributed by atoms with E-state index in [9.17, 15) is 13.6 Å². The molecule has 40 heavy (non-hydrogen) atoms. The number of alkyl halides is 2. The van der Waals surface area contributed by atoms with Crippen LogP contribution in [0, 0.1) is 6.92 Å². The van der Waals surface area contributed by atoms with Gasteiger partial charge in [0.1, 0.15) is 11.3 Å². The van der Waals surface area contributed by atoms with E-state index in [-0.39, 0.29) is 11.5 Å². The van der Waals surface area contributed by atoms with E-state index in [1.165, 1.54) is 17.8 Å². The highest BCUT2D eigenvalue weighted by atomic mass is 19.3. The topological polar surface area (TPSA) is 52.9 Å². The van der Waals surface area contributed by atoms with Gasteiger partial charge in [0.05, 0.1) is 5.69 Å². The van der Waals surface area contributed by atoms with Gasteiger partial charge in [-0.1, -0.05) is 43.4 Å². The number of amides is 1. The Kier molecular flexibility index (Phi) is 8.05. The summed E-state index contributed by atoms with van der Waals surface area (Å²) in [6, 6.07) is 10.6. The summed E-state index contributed by atoms with van der Waals surface area (Å²) in [5.74, 6) is -2.95. The van der Waals surface area contributed by atoms with Crippen molar-refractivity contribution in [2.24, 2.45) is 0 Å². The molecule has 2 aromatic heterocycles. The van der Waals surface area contributed by atoms with Gasteiger partial charge in [0, 0.05) is 69.2 Å². The third kappa shape index (κ3) is 6.11. The monoisotopic (exact) mass is 545 g/mol. The fourth-order valence-corrected chi connectivity index (χ4v) is 5.39. The number of imidazole rings is 1. The summed E-state index contributed by atoms with van der Waals surface area (Å²) in [6.45, 7) is 8.89. The third-order valence-corrected chi connectivity index (χ3v) is 7.63. The van der Waals surface area contributed by atoms with Gasteiger partial charge in [-0.2, -0.15) is 0 Å². The van der Waals surface area contributed by atoms with E-state index in [2.05, 4.69) is 44.4 Å². The van der Waals surface area contributed by atoms with E-state index >= 15 is 0 Å². The predicted octanol–water partition coefficient (Wildman–Crippen LogP) is 6.03. The number of pyridine rings is 1. The summed E-state index contributed by atoms with van der Waals surface area (Å²) in [6.07, 6.45) is 12.9. The average molecular weight is 546 g/mol. The summed E-state index contributed by atoms with van der Waals surface area (Å²) >= 11 is 0. The van der Waals surface area contributed by atoms with Crippen LogP contribution in [0.25, 0.3) is 5.65 Å². The molecule has 1 amide bonds. The van der Waals surface area contributed by atoms with Gasteiger partial charge in [-0.05, 0) is 55.2 Å². The number of hydrogen-bond acceptors (Lipinski definition) is 4. The summed E-state index contributed by atoms with van der Waals surface area (Å²) in [5, 5.41) is 3.09. The standard InChI is InChI=1S/C32H37F2N5O/c1-4-28-30(39-22-23(2)9-16-29(39)36-28)31(40)35-21-24-7-5-8-26(13-10-24)37-17-6-18-38(20-19-37)27-14-11-25(12-15-27)32(3,33)34/h5,7,9-16,22H,4,6,8,17-21H2,1-3H3,(H,35,40). The van der Waals surface area contributed by atoms with Crippen molar-refractivity contribution in [3.05, 3.63) is 101 Å². The Labute approximate surface area is 234 Å². The normalized spacial score (nSPS) is 16.4. The first-order chi connectivity index (χ1) is 19.2. The van der Waals surface area contributed by atoms with Crippen LogP contribution in [0.4, 0.5) is 14.5 Å². The van der Waals surface area contributed by atoms with E-state index in [4.69, 9.17) is 0 Å². The van der Waals surface area contributed by atoms with Gasteiger partial charge < -0.3 is 15.1 Å². The van der Waals surface area contributed by atoms with Crippen LogP contribution in [0.2, 0.25) is 0 Å². The van der Waals surface area contributed by atoms with Crippen molar-refractivity contribution in [2.45, 2.75) is 46.0 Å². The van der Waals surface area contributed by atoms with Crippen molar-refractivity contribution in [1.82, 2.24) is 19.6 Å². The smallest absolute Gasteiger partial charge is 0.270 e. The molecule has 2 aliphatic rings. The second-order valence-electron chi connectivity index (χ2n) is 10.6. The van der Waals surface area contributed by atoms with Crippen LogP contribution in [-0.2, 0) is 12.3 Å². The highest BCUT2D eigenvalue weighted by Gasteiger charge is 2.24. The maximum Gasteiger partial charge on any atom is 0.270 e. The summed E-state index contributed by atoms with van der Waals surface area (Å²) in [5.41, 5.74) is 6.55. The molecule has 3 heterocycles. The number of carbonyl (C=O) groups is 1. The zero-order valence-electron chi connectivity index (χ0n) is 23.5. The van der Waals surface area contributed by atoms with Crippen molar-refractivity contribution in [3.63, 3.8) is 0 Å². The van der Waals surface area contributed by atoms with Crippen LogP contribution in [-0.4, -0.2) is 52.9 Å². The highest BCUT2D eigenvalue weighted by molar-refractivity contribution is 5.95. The Balaban J connectivity index is 1.22. The molecule has 1 aromatic carbocycles. The number of allylic oxidation sites excluding steroid dienone is 3. The predicted molar refractivity (Wildman–Crippen MR) is 156 cm³/mol. The molecular weight excluding hydrogens is 508 g/mol. The second-order valence-corrected chi connectivity index (χ2v) is 10.6. The van der Waals surface area contributed by atoms with Gasteiger partial charge in [0.2, 0.25) is 0 Å². The second kappa shape index (κ2) is 11.7. The van der Waals surface area contributed by atoms with Gasteiger partial charge >= 0.3 is 0 Å². The summed E-state index contributed by atoms with van der Waals surface area (Å²) in [4.78, 5) is 22.5. The van der Waals surface area contributed by atoms with Crippen LogP contribution in [0.1, 0.15) is 54.0 Å². The number of halogens is 2. The molecule has 0 unspecified atom stereocenters. The van der Waals surface area contributed by atoms with Crippen molar-refractivity contribution < 1.29 is 13.6 Å². The Bertz CT molecular complexity index is 1460. The third-order valence-electron chi connectivity index (χ3n) is 7.63. The molecule has 0 bridgehead atoms. The molecule has 1 aliphatic carbocycles. The minimum absolute atomic E-state index is 0.0429. The number of carbonyl (C=O) groups excluding carboxylic acids is 1. The Morgan fingerprint density at radius 1 is 1.02 bits per heavy atom. The van der Waals surface area contributed by atoms with Crippen LogP contribution in [0.3, 0.4) is 0 Å². The average Bonchev–Trinajstić information content (AvgIpc) is 3.09. The molecule has 8 heteroatoms. The number of fused-ring (bicyclic) bond motifs is 1. The quantitative estimate of drug-likeness (QED) is 0.394. The largest absolute Gasteiger partial charge is 0.373 e. The molecule has 1 N–H and O–H groups in total. The van der Waals surface area contributed by atoms with Gasteiger partial charge in [-0.15, -0.1) is 0 Å². The lowest BCUT2D eigenvalue weighted by molar-refractivity contribution is 0.0175. The number of nitrogens with one attached hydrogen (secondary N) is 1. The fraction of sp³-hybridized carbons (Fsp3) is 0.375. The first-order valence-electron chi connectivity index (χ1n) is 14.0. The van der Waals surface area contributed by atoms with E-state index in [0.717, 1.165) is 74.1 Å². The molecule has 5 rings (SSSR count). The molecule has 1 saturated heterocycles. The highest BCUT2D eigenvalue weighted by Crippen LogP contribution is 2.29. The van der Waals surface area contributed by atoms with E-state index in [1.54, 1.807) is 12.1 Å². The first-order valence-corrected chi connectivity index (χ1v) is 14.0. The SMILES string of the molecule is CCc1nc2ccc(C)cn2c1C(=O)NCC1=CC=C(N2CCCN(c3ccc(C(C)(F)F)cc3)CC2)CC=C1. The Hall–Kier alpha value is -3.94. The van der Waals surface area contributed by atoms with E-state index < -0.39 is 5.92 Å². The molecule has 6 nitrogen and oxygen atoms in total. The fourth-order valence-electron chi connectivity index (χ4n) is 5.39. The van der Waals surface area contributed by atoms with Gasteiger partial charge in [0.25, 0.3) is 11.8 Å². The number of benzene rings is 1. The van der Waals surface area contributed by atoms with Crippen LogP contribution < -0.4 is 10.2 Å². The zero-order valence-corrected chi connectivity index (χ0v) is 23.5. The van der Waals surface area contributed by atoms with E-state index in [0.29, 0.717) is 18.7 Å². The van der Waals surface area contributed by atoms with E-state index in [1.807, 2.05) is 36.6 Å². The molecule has 1 aliphatic heterocycles. The van der Waals surface area contributed by atoms with Crippen LogP contribution >= 0.6 is 0 Å². The maximum atomic E-state index is 13.6. The molecule has 210 valence electrons. The van der Waals surface area contributed by atoms with Crippen LogP contribution in [0.5, 0.6) is 0 Å². The van der Waals surface area contributed by atoms with Crippen molar-refractivity contribution in [3.8, 4) is 0 Å². The number of nitrogens with zero attached hydrogens (tertiary/aromatic N) is 4. The van der Waals surface area contributed by atoms with Crippen molar-refractivity contribution in [2.75, 3.05) is 37.6 Å². The molecule has 1 fully saturated rings. The van der Waals surface area contributed by atoms with Gasteiger partial charge in [-0.25, -0.2) is 13.8 Å². The molecule has 0 saturated carbocycles. The molecule has 0 spiro atoms. The Morgan fingerprint density at radius 2 is 1.77 bits per heavy atom. The number of hydrogen-bond donors (Lipinski definition) is 1. The minimum Gasteiger partial charge on any atom is -0.373 e. The number of rotatable bonds is 7. The zero-order chi connectivity index (χ0) is 28.3. The van der Waals surface area contributed by atoms with Crippen LogP contribution in [0.15, 0.2) is 78.2 Å². The van der Waals surface area contributed by atoms with Crippen molar-refractivity contribution >= 4 is 17.2 Å². The van der Waals surface area contributed by atoms with Gasteiger partial charge in [-0.3, -0.25) is 9.20 Å². The Morgan fingerprint density at radius 3 is 2.52 bits per heavy atom. The van der Waals surface area contributed by atoms with Crippen molar-refractivity contribution in [1.29, 1.82) is 0 Å². The lowest BCUT2D eigenvalue weighted by Gasteiger charge is -2.26. The molecular formula is C32H37F2N5O. The lowest BCUT2D eigenvalue weighted by atomic mass is 10.1. The number of aryl methyl sites for hydroxylation is 2. The van der Waals surface area contributed by atoms with Gasteiger partial charge in [0.15, 0.2) is 0 Å².